The highest BCUT2D eigenvalue weighted by Gasteiger charge is 2.08. The van der Waals surface area contributed by atoms with Crippen LogP contribution in [-0.2, 0) is 0 Å². The third-order valence-electron chi connectivity index (χ3n) is 3.11. The fourth-order valence-corrected chi connectivity index (χ4v) is 3.27. The fourth-order valence-electron chi connectivity index (χ4n) is 2.11. The molecule has 4 nitrogen and oxygen atoms in total. The van der Waals surface area contributed by atoms with Crippen LogP contribution in [-0.4, -0.2) is 21.9 Å². The number of hydrogen-bond donors (Lipinski definition) is 1. The lowest BCUT2D eigenvalue weighted by Crippen LogP contribution is -2.14. The number of thiazole rings is 1. The van der Waals surface area contributed by atoms with Gasteiger partial charge in [-0.1, -0.05) is 23.7 Å². The van der Waals surface area contributed by atoms with Gasteiger partial charge in [0.25, 0.3) is 0 Å². The van der Waals surface area contributed by atoms with Gasteiger partial charge in [-0.2, -0.15) is 5.10 Å². The van der Waals surface area contributed by atoms with E-state index in [4.69, 9.17) is 11.6 Å². The lowest BCUT2D eigenvalue weighted by Gasteiger charge is -2.04. The zero-order chi connectivity index (χ0) is 16.2. The molecule has 0 saturated carbocycles. The van der Waals surface area contributed by atoms with E-state index >= 15 is 0 Å². The molecule has 3 rings (SSSR count). The molecule has 1 aromatic carbocycles. The number of nitrogens with one attached hydrogen (secondary N) is 1. The van der Waals surface area contributed by atoms with Crippen molar-refractivity contribution in [2.45, 2.75) is 19.9 Å². The molecule has 0 bridgehead atoms. The first-order valence-corrected chi connectivity index (χ1v) is 8.57. The average molecular weight is 345 g/mol. The molecule has 23 heavy (non-hydrogen) atoms. The highest BCUT2D eigenvalue weighted by Crippen LogP contribution is 2.23. The highest BCUT2D eigenvalue weighted by atomic mass is 35.5. The van der Waals surface area contributed by atoms with Crippen LogP contribution >= 0.6 is 22.9 Å². The summed E-state index contributed by atoms with van der Waals surface area (Å²) >= 11 is 7.70. The third kappa shape index (κ3) is 3.81. The molecule has 0 saturated heterocycles. The van der Waals surface area contributed by atoms with Crippen LogP contribution in [0.4, 0.5) is 0 Å². The Morgan fingerprint density at radius 3 is 2.83 bits per heavy atom. The quantitative estimate of drug-likeness (QED) is 0.682. The molecule has 0 atom stereocenters. The summed E-state index contributed by atoms with van der Waals surface area (Å²) in [7, 11) is 0. The van der Waals surface area contributed by atoms with Crippen molar-refractivity contribution in [2.75, 3.05) is 0 Å². The molecular formula is C17H17ClN4S. The number of hydrogen-bond acceptors (Lipinski definition) is 3. The van der Waals surface area contributed by atoms with Gasteiger partial charge >= 0.3 is 0 Å². The van der Waals surface area contributed by atoms with E-state index in [2.05, 4.69) is 34.3 Å². The van der Waals surface area contributed by atoms with Gasteiger partial charge in [0.05, 0.1) is 17.6 Å². The van der Waals surface area contributed by atoms with E-state index < -0.39 is 0 Å². The summed E-state index contributed by atoms with van der Waals surface area (Å²) in [5.41, 5.74) is 2.93. The van der Waals surface area contributed by atoms with E-state index in [9.17, 15) is 0 Å². The second-order valence-corrected chi connectivity index (χ2v) is 6.59. The van der Waals surface area contributed by atoms with E-state index in [-0.39, 0.29) is 6.04 Å². The maximum absolute atomic E-state index is 6.12. The summed E-state index contributed by atoms with van der Waals surface area (Å²) in [6, 6.07) is 11.9. The zero-order valence-electron chi connectivity index (χ0n) is 12.9. The molecule has 0 amide bonds. The van der Waals surface area contributed by atoms with Gasteiger partial charge < -0.3 is 4.98 Å². The summed E-state index contributed by atoms with van der Waals surface area (Å²) in [5, 5.41) is 7.36. The number of aromatic nitrogens is 2. The topological polar surface area (TPSA) is 45.4 Å². The van der Waals surface area contributed by atoms with E-state index in [0.717, 1.165) is 21.8 Å². The van der Waals surface area contributed by atoms with Crippen molar-refractivity contribution in [2.24, 2.45) is 10.1 Å². The molecule has 0 fully saturated rings. The average Bonchev–Trinajstić information content (AvgIpc) is 3.14. The number of nitrogens with zero attached hydrogens (tertiary/aromatic N) is 3. The normalized spacial score (nSPS) is 12.6. The molecular weight excluding hydrogens is 328 g/mol. The molecule has 1 N–H and O–H groups in total. The Hall–Kier alpha value is -2.11. The molecule has 0 radical (unpaired) electrons. The Labute approximate surface area is 143 Å². The molecule has 2 heterocycles. The van der Waals surface area contributed by atoms with Crippen LogP contribution < -0.4 is 4.80 Å². The van der Waals surface area contributed by atoms with Gasteiger partial charge in [-0.3, -0.25) is 4.99 Å². The van der Waals surface area contributed by atoms with E-state index in [0.29, 0.717) is 5.02 Å². The summed E-state index contributed by atoms with van der Waals surface area (Å²) in [5.74, 6) is 0. The lowest BCUT2D eigenvalue weighted by molar-refractivity contribution is 0.754. The minimum atomic E-state index is 0.202. The Balaban J connectivity index is 2.11. The molecule has 118 valence electrons. The van der Waals surface area contributed by atoms with E-state index in [1.165, 1.54) is 0 Å². The fraction of sp³-hybridized carbons (Fsp3) is 0.176. The van der Waals surface area contributed by atoms with Crippen LogP contribution in [0.25, 0.3) is 11.3 Å². The van der Waals surface area contributed by atoms with Gasteiger partial charge in [0, 0.05) is 28.2 Å². The third-order valence-corrected chi connectivity index (χ3v) is 4.17. The summed E-state index contributed by atoms with van der Waals surface area (Å²) < 4.78 is 1.86. The first-order valence-electron chi connectivity index (χ1n) is 7.31. The zero-order valence-corrected chi connectivity index (χ0v) is 14.5. The second-order valence-electron chi connectivity index (χ2n) is 5.32. The standard InChI is InChI=1S/C17H17ClN4S/c1-12(2)21-17-22(20-10-15-7-4-8-19-15)16(11-23-17)13-5-3-6-14(18)9-13/h3-12,19H,1-2H3. The summed E-state index contributed by atoms with van der Waals surface area (Å²) in [4.78, 5) is 8.63. The highest BCUT2D eigenvalue weighted by molar-refractivity contribution is 7.07. The van der Waals surface area contributed by atoms with Gasteiger partial charge in [0.15, 0.2) is 0 Å². The molecule has 0 aliphatic heterocycles. The SMILES string of the molecule is CC(C)N=c1scc(-c2cccc(Cl)c2)n1N=Cc1ccc[nH]1. The number of H-pyrrole nitrogens is 1. The minimum Gasteiger partial charge on any atom is -0.360 e. The minimum absolute atomic E-state index is 0.202. The van der Waals surface area contributed by atoms with Crippen LogP contribution in [0.15, 0.2) is 58.1 Å². The van der Waals surface area contributed by atoms with Crippen molar-refractivity contribution in [3.8, 4) is 11.3 Å². The second kappa shape index (κ2) is 6.98. The number of aromatic amines is 1. The predicted octanol–water partition coefficient (Wildman–Crippen LogP) is 4.39. The van der Waals surface area contributed by atoms with Crippen molar-refractivity contribution >= 4 is 29.2 Å². The molecule has 0 aliphatic carbocycles. The molecule has 0 aliphatic rings. The van der Waals surface area contributed by atoms with Crippen molar-refractivity contribution in [1.29, 1.82) is 0 Å². The van der Waals surface area contributed by atoms with Crippen molar-refractivity contribution in [3.63, 3.8) is 0 Å². The van der Waals surface area contributed by atoms with Crippen LogP contribution in [0.5, 0.6) is 0 Å². The summed E-state index contributed by atoms with van der Waals surface area (Å²) in [6.07, 6.45) is 3.66. The lowest BCUT2D eigenvalue weighted by atomic mass is 10.2. The molecule has 2 aromatic heterocycles. The largest absolute Gasteiger partial charge is 0.360 e. The molecule has 0 spiro atoms. The van der Waals surface area contributed by atoms with Gasteiger partial charge in [-0.25, -0.2) is 4.68 Å². The smallest absolute Gasteiger partial charge is 0.206 e. The Morgan fingerprint density at radius 2 is 2.13 bits per heavy atom. The van der Waals surface area contributed by atoms with Crippen molar-refractivity contribution < 1.29 is 0 Å². The van der Waals surface area contributed by atoms with Gasteiger partial charge in [0.2, 0.25) is 4.80 Å². The van der Waals surface area contributed by atoms with Gasteiger partial charge in [-0.05, 0) is 38.1 Å². The maximum atomic E-state index is 6.12. The Bertz CT molecular complexity index is 872. The maximum Gasteiger partial charge on any atom is 0.206 e. The number of rotatable bonds is 4. The Morgan fingerprint density at radius 1 is 1.26 bits per heavy atom. The van der Waals surface area contributed by atoms with E-state index in [1.54, 1.807) is 17.6 Å². The van der Waals surface area contributed by atoms with Crippen molar-refractivity contribution in [3.05, 3.63) is 63.5 Å². The van der Waals surface area contributed by atoms with Crippen LogP contribution in [0.2, 0.25) is 5.02 Å². The Kier molecular flexibility index (Phi) is 4.79. The first kappa shape index (κ1) is 15.8. The molecule has 6 heteroatoms. The van der Waals surface area contributed by atoms with Gasteiger partial charge in [0.1, 0.15) is 0 Å². The van der Waals surface area contributed by atoms with E-state index in [1.807, 2.05) is 47.3 Å². The monoisotopic (exact) mass is 344 g/mol. The summed E-state index contributed by atoms with van der Waals surface area (Å²) in [6.45, 7) is 4.11. The van der Waals surface area contributed by atoms with Crippen LogP contribution in [0.1, 0.15) is 19.5 Å². The first-order chi connectivity index (χ1) is 11.1. The molecule has 0 unspecified atom stereocenters. The van der Waals surface area contributed by atoms with Crippen LogP contribution in [0, 0.1) is 0 Å². The number of halogens is 1. The predicted molar refractivity (Wildman–Crippen MR) is 97.2 cm³/mol. The number of benzene rings is 1. The molecule has 3 aromatic rings. The van der Waals surface area contributed by atoms with Crippen LogP contribution in [0.3, 0.4) is 0 Å². The van der Waals surface area contributed by atoms with Gasteiger partial charge in [-0.15, -0.1) is 11.3 Å². The van der Waals surface area contributed by atoms with Crippen molar-refractivity contribution in [1.82, 2.24) is 9.66 Å².